The number of anilines is 1. The topological polar surface area (TPSA) is 49.0 Å². The molecule has 1 aromatic carbocycles. The fraction of sp³-hybridized carbons (Fsp3) is 0.565. The lowest BCUT2D eigenvalue weighted by Crippen LogP contribution is -2.37. The van der Waals surface area contributed by atoms with Crippen molar-refractivity contribution in [3.63, 3.8) is 0 Å². The van der Waals surface area contributed by atoms with Crippen LogP contribution >= 0.6 is 0 Å². The van der Waals surface area contributed by atoms with E-state index in [-0.39, 0.29) is 10.8 Å². The zero-order valence-electron chi connectivity index (χ0n) is 16.8. The van der Waals surface area contributed by atoms with Crippen LogP contribution in [0.4, 0.5) is 5.69 Å². The number of carbonyl (C=O) groups is 1. The molecule has 1 N–H and O–H groups in total. The molecule has 0 bridgehead atoms. The third-order valence-corrected chi connectivity index (χ3v) is 6.69. The van der Waals surface area contributed by atoms with Crippen LogP contribution in [-0.4, -0.2) is 22.6 Å². The van der Waals surface area contributed by atoms with E-state index in [1.165, 1.54) is 11.3 Å². The van der Waals surface area contributed by atoms with Crippen molar-refractivity contribution in [2.45, 2.75) is 64.7 Å². The van der Waals surface area contributed by atoms with Gasteiger partial charge in [0.2, 0.25) is 5.91 Å². The molecule has 1 saturated carbocycles. The number of nitrogens with one attached hydrogen (secondary N) is 1. The Morgan fingerprint density at radius 1 is 1.11 bits per heavy atom. The minimum Gasteiger partial charge on any atom is -0.312 e. The van der Waals surface area contributed by atoms with E-state index in [0.29, 0.717) is 11.8 Å². The summed E-state index contributed by atoms with van der Waals surface area (Å²) >= 11 is 0. The van der Waals surface area contributed by atoms with Crippen molar-refractivity contribution in [1.29, 1.82) is 0 Å². The van der Waals surface area contributed by atoms with E-state index in [9.17, 15) is 4.79 Å². The molecule has 2 heterocycles. The second-order valence-electron chi connectivity index (χ2n) is 9.51. The molecule has 4 heteroatoms. The van der Waals surface area contributed by atoms with E-state index in [1.54, 1.807) is 0 Å². The standard InChI is InChI=1S/C23H31N3O/c1-22(2,3)18-4-6-20(7-5-18)26-15-13-23(21(26)27)11-8-17(9-12-23)16-19-10-14-24-25-19/h4-7,10,14,17H,8-9,11-13,15-16H2,1-3H3,(H,24,25)/t17-,23-. The van der Waals surface area contributed by atoms with Gasteiger partial charge in [0, 0.05) is 24.1 Å². The van der Waals surface area contributed by atoms with Crippen molar-refractivity contribution in [1.82, 2.24) is 10.2 Å². The Hall–Kier alpha value is -2.10. The average Bonchev–Trinajstić information content (AvgIpc) is 3.26. The fourth-order valence-corrected chi connectivity index (χ4v) is 4.82. The van der Waals surface area contributed by atoms with Crippen LogP contribution < -0.4 is 4.90 Å². The Morgan fingerprint density at radius 3 is 2.41 bits per heavy atom. The number of benzene rings is 1. The van der Waals surface area contributed by atoms with Crippen LogP contribution in [-0.2, 0) is 16.6 Å². The summed E-state index contributed by atoms with van der Waals surface area (Å²) in [7, 11) is 0. The van der Waals surface area contributed by atoms with Gasteiger partial charge >= 0.3 is 0 Å². The molecule has 0 atom stereocenters. The lowest BCUT2D eigenvalue weighted by atomic mass is 9.68. The zero-order valence-corrected chi connectivity index (χ0v) is 16.8. The molecule has 2 aliphatic rings. The van der Waals surface area contributed by atoms with Crippen molar-refractivity contribution >= 4 is 11.6 Å². The van der Waals surface area contributed by atoms with E-state index in [2.05, 4.69) is 61.3 Å². The SMILES string of the molecule is CC(C)(C)c1ccc(N2CC[C@]3(CC[C@@H](Cc4ccn[nH]4)CC3)C2=O)cc1. The molecule has 27 heavy (non-hydrogen) atoms. The normalized spacial score (nSPS) is 26.1. The maximum Gasteiger partial charge on any atom is 0.233 e. The third kappa shape index (κ3) is 3.54. The molecule has 2 fully saturated rings. The summed E-state index contributed by atoms with van der Waals surface area (Å²) in [5.74, 6) is 1.02. The molecule has 1 saturated heterocycles. The number of nitrogens with zero attached hydrogens (tertiary/aromatic N) is 2. The van der Waals surface area contributed by atoms with Gasteiger partial charge in [-0.05, 0) is 73.6 Å². The van der Waals surface area contributed by atoms with Crippen molar-refractivity contribution in [2.24, 2.45) is 11.3 Å². The molecule has 4 nitrogen and oxygen atoms in total. The molecule has 0 radical (unpaired) electrons. The van der Waals surface area contributed by atoms with Gasteiger partial charge in [0.05, 0.1) is 5.41 Å². The van der Waals surface area contributed by atoms with E-state index in [0.717, 1.165) is 50.8 Å². The van der Waals surface area contributed by atoms with Gasteiger partial charge in [-0.3, -0.25) is 9.89 Å². The number of amides is 1. The first-order chi connectivity index (χ1) is 12.9. The number of aromatic amines is 1. The zero-order chi connectivity index (χ0) is 19.1. The highest BCUT2D eigenvalue weighted by molar-refractivity contribution is 6.00. The van der Waals surface area contributed by atoms with Gasteiger partial charge in [0.15, 0.2) is 0 Å². The molecule has 1 aliphatic heterocycles. The van der Waals surface area contributed by atoms with Crippen molar-refractivity contribution in [3.05, 3.63) is 47.8 Å². The van der Waals surface area contributed by atoms with Crippen LogP contribution in [0.3, 0.4) is 0 Å². The van der Waals surface area contributed by atoms with E-state index < -0.39 is 0 Å². The number of hydrogen-bond acceptors (Lipinski definition) is 2. The number of H-pyrrole nitrogens is 1. The number of carbonyl (C=O) groups excluding carboxylic acids is 1. The second kappa shape index (κ2) is 6.81. The largest absolute Gasteiger partial charge is 0.312 e. The first kappa shape index (κ1) is 18.3. The molecule has 0 unspecified atom stereocenters. The van der Waals surface area contributed by atoms with E-state index >= 15 is 0 Å². The lowest BCUT2D eigenvalue weighted by Gasteiger charge is -2.35. The smallest absolute Gasteiger partial charge is 0.233 e. The Kier molecular flexibility index (Phi) is 4.61. The van der Waals surface area contributed by atoms with Gasteiger partial charge in [-0.2, -0.15) is 5.10 Å². The Morgan fingerprint density at radius 2 is 1.81 bits per heavy atom. The second-order valence-corrected chi connectivity index (χ2v) is 9.51. The molecule has 1 aromatic heterocycles. The Bertz CT molecular complexity index is 778. The minimum absolute atomic E-state index is 0.118. The average molecular weight is 366 g/mol. The van der Waals surface area contributed by atoms with Crippen molar-refractivity contribution in [3.8, 4) is 0 Å². The first-order valence-corrected chi connectivity index (χ1v) is 10.3. The summed E-state index contributed by atoms with van der Waals surface area (Å²) in [6.45, 7) is 7.53. The van der Waals surface area contributed by atoms with Crippen molar-refractivity contribution in [2.75, 3.05) is 11.4 Å². The van der Waals surface area contributed by atoms with Gasteiger partial charge in [-0.1, -0.05) is 32.9 Å². The summed E-state index contributed by atoms with van der Waals surface area (Å²) < 4.78 is 0. The maximum absolute atomic E-state index is 13.3. The number of rotatable bonds is 3. The highest BCUT2D eigenvalue weighted by Crippen LogP contribution is 2.48. The van der Waals surface area contributed by atoms with Gasteiger partial charge < -0.3 is 4.90 Å². The Labute approximate surface area is 162 Å². The van der Waals surface area contributed by atoms with Crippen LogP contribution in [0, 0.1) is 11.3 Å². The van der Waals surface area contributed by atoms with Crippen LogP contribution in [0.5, 0.6) is 0 Å². The summed E-state index contributed by atoms with van der Waals surface area (Å²) in [5.41, 5.74) is 3.61. The van der Waals surface area contributed by atoms with Gasteiger partial charge in [-0.15, -0.1) is 0 Å². The van der Waals surface area contributed by atoms with Crippen molar-refractivity contribution < 1.29 is 4.79 Å². The van der Waals surface area contributed by atoms with E-state index in [1.807, 2.05) is 11.1 Å². The van der Waals surface area contributed by atoms with Crippen LogP contribution in [0.25, 0.3) is 0 Å². The molecule has 4 rings (SSSR count). The van der Waals surface area contributed by atoms with Crippen LogP contribution in [0.2, 0.25) is 0 Å². The molecular weight excluding hydrogens is 334 g/mol. The van der Waals surface area contributed by atoms with Gasteiger partial charge in [0.25, 0.3) is 0 Å². The summed E-state index contributed by atoms with van der Waals surface area (Å²) in [4.78, 5) is 15.3. The molecule has 2 aromatic rings. The molecule has 1 aliphatic carbocycles. The lowest BCUT2D eigenvalue weighted by molar-refractivity contribution is -0.127. The molecule has 144 valence electrons. The van der Waals surface area contributed by atoms with Crippen LogP contribution in [0.1, 0.15) is 64.1 Å². The van der Waals surface area contributed by atoms with Crippen LogP contribution in [0.15, 0.2) is 36.5 Å². The third-order valence-electron chi connectivity index (χ3n) is 6.69. The fourth-order valence-electron chi connectivity index (χ4n) is 4.82. The first-order valence-electron chi connectivity index (χ1n) is 10.3. The quantitative estimate of drug-likeness (QED) is 0.844. The molecule has 1 spiro atoms. The summed E-state index contributed by atoms with van der Waals surface area (Å²) in [6, 6.07) is 10.7. The predicted octanol–water partition coefficient (Wildman–Crippen LogP) is 4.86. The molecule has 1 amide bonds. The minimum atomic E-state index is -0.118. The predicted molar refractivity (Wildman–Crippen MR) is 109 cm³/mol. The maximum atomic E-state index is 13.3. The van der Waals surface area contributed by atoms with Gasteiger partial charge in [-0.25, -0.2) is 0 Å². The number of aromatic nitrogens is 2. The van der Waals surface area contributed by atoms with Gasteiger partial charge in [0.1, 0.15) is 0 Å². The Balaban J connectivity index is 1.41. The summed E-state index contributed by atoms with van der Waals surface area (Å²) in [6.07, 6.45) is 8.22. The van der Waals surface area contributed by atoms with E-state index in [4.69, 9.17) is 0 Å². The highest BCUT2D eigenvalue weighted by atomic mass is 16.2. The number of hydrogen-bond donors (Lipinski definition) is 1. The summed E-state index contributed by atoms with van der Waals surface area (Å²) in [5, 5.41) is 7.12. The molecular formula is C23H31N3O. The highest BCUT2D eigenvalue weighted by Gasteiger charge is 2.48. The monoisotopic (exact) mass is 365 g/mol.